The number of nitrogens with two attached hydrogens (primary N) is 1. The quantitative estimate of drug-likeness (QED) is 0.230. The van der Waals surface area contributed by atoms with Crippen molar-refractivity contribution in [2.24, 2.45) is 10.8 Å². The molecule has 3 aromatic carbocycles. The number of rotatable bonds is 5. The van der Waals surface area contributed by atoms with Crippen LogP contribution in [0.15, 0.2) is 88.9 Å². The van der Waals surface area contributed by atoms with Crippen LogP contribution in [0, 0.1) is 5.41 Å². The van der Waals surface area contributed by atoms with E-state index >= 15 is 0 Å². The molecule has 1 aromatic heterocycles. The molecule has 0 atom stereocenters. The molecule has 4 N–H and O–H groups in total. The van der Waals surface area contributed by atoms with Gasteiger partial charge in [0.25, 0.3) is 10.0 Å². The van der Waals surface area contributed by atoms with Crippen molar-refractivity contribution in [3.8, 4) is 11.3 Å². The summed E-state index contributed by atoms with van der Waals surface area (Å²) in [6.45, 7) is 1.73. The second kappa shape index (κ2) is 8.49. The van der Waals surface area contributed by atoms with E-state index in [4.69, 9.17) is 22.7 Å². The fraction of sp³-hybridized carbons (Fsp3) is 0.0435. The Labute approximate surface area is 190 Å². The first-order valence-corrected chi connectivity index (χ1v) is 11.5. The highest BCUT2D eigenvalue weighted by Crippen LogP contribution is 2.37. The number of aromatic nitrogens is 1. The van der Waals surface area contributed by atoms with Gasteiger partial charge < -0.3 is 5.73 Å². The van der Waals surface area contributed by atoms with Crippen molar-refractivity contribution in [1.82, 2.24) is 9.40 Å². The average Bonchev–Trinajstić information content (AvgIpc) is 3.14. The third kappa shape index (κ3) is 3.86. The van der Waals surface area contributed by atoms with Crippen LogP contribution in [0.25, 0.3) is 22.2 Å². The highest BCUT2D eigenvalue weighted by Gasteiger charge is 2.28. The predicted octanol–water partition coefficient (Wildman–Crippen LogP) is 4.41. The molecule has 7 nitrogen and oxygen atoms in total. The van der Waals surface area contributed by atoms with Crippen LogP contribution >= 0.6 is 11.6 Å². The highest BCUT2D eigenvalue weighted by atomic mass is 35.5. The van der Waals surface area contributed by atoms with Crippen molar-refractivity contribution in [2.75, 3.05) is 0 Å². The summed E-state index contributed by atoms with van der Waals surface area (Å²) in [4.78, 5) is 0.166. The number of nitrogens with one attached hydrogen (secondary N) is 2. The number of hydrazone groups is 1. The number of halogens is 1. The number of hydrogen-bond acceptors (Lipinski definition) is 4. The minimum Gasteiger partial charge on any atom is -0.369 e. The fourth-order valence-corrected chi connectivity index (χ4v) is 5.29. The molecule has 0 aliphatic rings. The Morgan fingerprint density at radius 1 is 1.00 bits per heavy atom. The van der Waals surface area contributed by atoms with Gasteiger partial charge in [-0.2, -0.15) is 5.10 Å². The van der Waals surface area contributed by atoms with Gasteiger partial charge in [0.05, 0.1) is 21.8 Å². The highest BCUT2D eigenvalue weighted by molar-refractivity contribution is 7.90. The number of guanidine groups is 1. The summed E-state index contributed by atoms with van der Waals surface area (Å²) >= 11 is 6.09. The Morgan fingerprint density at radius 2 is 1.62 bits per heavy atom. The molecular formula is C23H20ClN5O2S. The first-order chi connectivity index (χ1) is 15.3. The average molecular weight is 466 g/mol. The number of hydrogen-bond donors (Lipinski definition) is 3. The van der Waals surface area contributed by atoms with Crippen LogP contribution in [-0.4, -0.2) is 24.1 Å². The van der Waals surface area contributed by atoms with E-state index in [1.807, 2.05) is 12.1 Å². The van der Waals surface area contributed by atoms with E-state index in [1.54, 1.807) is 73.7 Å². The van der Waals surface area contributed by atoms with Crippen LogP contribution in [0.5, 0.6) is 0 Å². The van der Waals surface area contributed by atoms with Crippen LogP contribution in [0.4, 0.5) is 0 Å². The van der Waals surface area contributed by atoms with Crippen molar-refractivity contribution in [3.05, 3.63) is 89.4 Å². The SMILES string of the molecule is CC(=NNC(=N)N)c1c(-c2ccc(Cl)cc2)n(S(=O)(=O)c2ccccc2)c2ccccc12. The summed E-state index contributed by atoms with van der Waals surface area (Å²) in [7, 11) is -3.96. The van der Waals surface area contributed by atoms with Crippen LogP contribution in [0.3, 0.4) is 0 Å². The minimum atomic E-state index is -3.96. The molecule has 162 valence electrons. The first-order valence-electron chi connectivity index (χ1n) is 9.65. The molecule has 0 amide bonds. The molecule has 0 unspecified atom stereocenters. The summed E-state index contributed by atoms with van der Waals surface area (Å²) in [5.74, 6) is -0.321. The van der Waals surface area contributed by atoms with Crippen molar-refractivity contribution >= 4 is 44.2 Å². The predicted molar refractivity (Wildman–Crippen MR) is 129 cm³/mol. The molecule has 0 aliphatic carbocycles. The van der Waals surface area contributed by atoms with Gasteiger partial charge in [-0.1, -0.05) is 60.1 Å². The van der Waals surface area contributed by atoms with Gasteiger partial charge in [-0.15, -0.1) is 0 Å². The van der Waals surface area contributed by atoms with Crippen molar-refractivity contribution in [2.45, 2.75) is 11.8 Å². The zero-order chi connectivity index (χ0) is 22.9. The topological polar surface area (TPSA) is 113 Å². The second-order valence-corrected chi connectivity index (χ2v) is 9.28. The molecule has 0 bridgehead atoms. The lowest BCUT2D eigenvalue weighted by Crippen LogP contribution is -2.26. The molecule has 9 heteroatoms. The molecule has 4 aromatic rings. The zero-order valence-corrected chi connectivity index (χ0v) is 18.7. The molecule has 0 aliphatic heterocycles. The van der Waals surface area contributed by atoms with E-state index < -0.39 is 10.0 Å². The smallest absolute Gasteiger partial charge is 0.268 e. The van der Waals surface area contributed by atoms with Gasteiger partial charge in [-0.25, -0.2) is 17.8 Å². The van der Waals surface area contributed by atoms with Gasteiger partial charge in [0.2, 0.25) is 5.96 Å². The molecule has 32 heavy (non-hydrogen) atoms. The molecule has 1 heterocycles. The van der Waals surface area contributed by atoms with E-state index in [0.717, 1.165) is 0 Å². The molecule has 0 saturated heterocycles. The molecular weight excluding hydrogens is 446 g/mol. The normalized spacial score (nSPS) is 12.1. The van der Waals surface area contributed by atoms with E-state index in [9.17, 15) is 8.42 Å². The van der Waals surface area contributed by atoms with Gasteiger partial charge in [0, 0.05) is 21.5 Å². The van der Waals surface area contributed by atoms with Gasteiger partial charge in [0.1, 0.15) is 0 Å². The van der Waals surface area contributed by atoms with Crippen molar-refractivity contribution in [3.63, 3.8) is 0 Å². The van der Waals surface area contributed by atoms with Crippen LogP contribution in [-0.2, 0) is 10.0 Å². The van der Waals surface area contributed by atoms with Crippen LogP contribution in [0.1, 0.15) is 12.5 Å². The first kappa shape index (κ1) is 21.6. The van der Waals surface area contributed by atoms with Gasteiger partial charge >= 0.3 is 0 Å². The largest absolute Gasteiger partial charge is 0.369 e. The van der Waals surface area contributed by atoms with Gasteiger partial charge in [0.15, 0.2) is 0 Å². The van der Waals surface area contributed by atoms with Crippen molar-refractivity contribution < 1.29 is 8.42 Å². The Bertz CT molecular complexity index is 1440. The third-order valence-electron chi connectivity index (χ3n) is 4.94. The number of fused-ring (bicyclic) bond motifs is 1. The standard InChI is InChI=1S/C23H20ClN5O2S/c1-15(27-28-23(25)26)21-19-9-5-6-10-20(19)29(22(21)16-11-13-17(24)14-12-16)32(30,31)18-7-3-2-4-8-18/h2-14H,1H3,(H4,25,26,28). The Kier molecular flexibility index (Phi) is 5.73. The summed E-state index contributed by atoms with van der Waals surface area (Å²) < 4.78 is 29.0. The Hall–Kier alpha value is -3.62. The van der Waals surface area contributed by atoms with E-state index in [-0.39, 0.29) is 10.9 Å². The number of benzene rings is 3. The molecule has 0 saturated carbocycles. The molecule has 0 radical (unpaired) electrons. The summed E-state index contributed by atoms with van der Waals surface area (Å²) in [6.07, 6.45) is 0. The van der Waals surface area contributed by atoms with Crippen LogP contribution < -0.4 is 11.2 Å². The molecule has 0 fully saturated rings. The number of nitrogens with zero attached hydrogens (tertiary/aromatic N) is 2. The number of para-hydroxylation sites is 1. The maximum Gasteiger partial charge on any atom is 0.268 e. The minimum absolute atomic E-state index is 0.166. The molecule has 0 spiro atoms. The lowest BCUT2D eigenvalue weighted by atomic mass is 10.0. The summed E-state index contributed by atoms with van der Waals surface area (Å²) in [5.41, 5.74) is 10.5. The lowest BCUT2D eigenvalue weighted by Gasteiger charge is -2.14. The van der Waals surface area contributed by atoms with Crippen LogP contribution in [0.2, 0.25) is 5.02 Å². The zero-order valence-electron chi connectivity index (χ0n) is 17.1. The van der Waals surface area contributed by atoms with E-state index in [0.29, 0.717) is 38.5 Å². The third-order valence-corrected chi connectivity index (χ3v) is 6.92. The van der Waals surface area contributed by atoms with Gasteiger partial charge in [-0.3, -0.25) is 5.41 Å². The van der Waals surface area contributed by atoms with Gasteiger partial charge in [-0.05, 0) is 37.3 Å². The Morgan fingerprint density at radius 3 is 2.28 bits per heavy atom. The maximum atomic E-state index is 13.8. The Balaban J connectivity index is 2.14. The molecule has 4 rings (SSSR count). The summed E-state index contributed by atoms with van der Waals surface area (Å²) in [5, 5.41) is 12.8. The monoisotopic (exact) mass is 465 g/mol. The second-order valence-electron chi connectivity index (χ2n) is 7.05. The lowest BCUT2D eigenvalue weighted by molar-refractivity contribution is 0.589. The van der Waals surface area contributed by atoms with Crippen molar-refractivity contribution in [1.29, 1.82) is 5.41 Å². The maximum absolute atomic E-state index is 13.8. The fourth-order valence-electron chi connectivity index (χ4n) is 3.59. The van der Waals surface area contributed by atoms with E-state index in [2.05, 4.69) is 10.5 Å². The summed E-state index contributed by atoms with van der Waals surface area (Å²) in [6, 6.07) is 22.4. The van der Waals surface area contributed by atoms with E-state index in [1.165, 1.54) is 3.97 Å².